The number of unbranched alkanes of at least 4 members (excludes halogenated alkanes) is 31. The van der Waals surface area contributed by atoms with Gasteiger partial charge in [0, 0.05) is 6.42 Å². The van der Waals surface area contributed by atoms with Gasteiger partial charge in [-0.05, 0) is 44.9 Å². The number of amides is 1. The molecule has 332 valence electrons. The minimum atomic E-state index is -0.781. The molecule has 0 aliphatic carbocycles. The first-order chi connectivity index (χ1) is 27.5. The van der Waals surface area contributed by atoms with Gasteiger partial charge in [-0.2, -0.15) is 0 Å². The Morgan fingerprint density at radius 1 is 0.500 bits per heavy atom. The molecule has 0 aliphatic heterocycles. The number of carbonyl (C=O) groups excluding carboxylic acids is 2. The molecule has 0 aromatic heterocycles. The maximum Gasteiger partial charge on any atom is 0.306 e. The third kappa shape index (κ3) is 39.4. The Bertz CT molecular complexity index is 847. The van der Waals surface area contributed by atoms with Gasteiger partial charge >= 0.3 is 5.97 Å². The molecule has 0 bridgehead atoms. The van der Waals surface area contributed by atoms with Gasteiger partial charge in [-0.25, -0.2) is 0 Å². The summed E-state index contributed by atoms with van der Waals surface area (Å²) in [6.45, 7) is 6.43. The van der Waals surface area contributed by atoms with E-state index in [0.29, 0.717) is 19.3 Å². The third-order valence-electron chi connectivity index (χ3n) is 11.6. The summed E-state index contributed by atoms with van der Waals surface area (Å²) in [5.74, 6) is -0.471. The first kappa shape index (κ1) is 54.6. The number of aliphatic hydroxyl groups excluding tert-OH is 2. The van der Waals surface area contributed by atoms with E-state index >= 15 is 0 Å². The fourth-order valence-corrected chi connectivity index (χ4v) is 7.79. The van der Waals surface area contributed by atoms with Crippen molar-refractivity contribution in [3.63, 3.8) is 0 Å². The van der Waals surface area contributed by atoms with Crippen molar-refractivity contribution in [1.29, 1.82) is 0 Å². The number of hydrogen-bond acceptors (Lipinski definition) is 5. The maximum absolute atomic E-state index is 13.2. The van der Waals surface area contributed by atoms with Gasteiger partial charge in [0.05, 0.1) is 25.2 Å². The summed E-state index contributed by atoms with van der Waals surface area (Å²) in [4.78, 5) is 26.0. The third-order valence-corrected chi connectivity index (χ3v) is 11.6. The van der Waals surface area contributed by atoms with Crippen LogP contribution in [-0.4, -0.2) is 46.9 Å². The Morgan fingerprint density at radius 3 is 1.34 bits per heavy atom. The second kappa shape index (κ2) is 44.7. The molecule has 0 saturated heterocycles. The Balaban J connectivity index is 4.53. The van der Waals surface area contributed by atoms with Crippen molar-refractivity contribution in [1.82, 2.24) is 5.32 Å². The molecule has 6 nitrogen and oxygen atoms in total. The van der Waals surface area contributed by atoms with Crippen LogP contribution in [0.4, 0.5) is 0 Å². The molecule has 0 fully saturated rings. The number of rotatable bonds is 45. The second-order valence-electron chi connectivity index (χ2n) is 17.2. The highest BCUT2D eigenvalue weighted by molar-refractivity contribution is 5.77. The molecular formula is C50H97NO5. The standard InChI is InChI=1S/C50H97NO5/c1-4-7-10-13-16-19-22-23-24-25-26-28-29-32-35-38-41-46(56-50(55)43-40-37-34-31-21-18-15-12-9-6-3)44-49(54)51-47(45-52)48(53)42-39-36-33-30-27-20-17-14-11-8-5-2/h12,15,46-48,52-53H,4-11,13-14,16-45H2,1-3H3,(H,51,54)/b15-12-. The van der Waals surface area contributed by atoms with Crippen LogP contribution in [0.2, 0.25) is 0 Å². The van der Waals surface area contributed by atoms with Crippen molar-refractivity contribution < 1.29 is 24.5 Å². The zero-order valence-electron chi connectivity index (χ0n) is 37.8. The van der Waals surface area contributed by atoms with E-state index in [9.17, 15) is 19.8 Å². The number of aliphatic hydroxyl groups is 2. The van der Waals surface area contributed by atoms with Crippen LogP contribution in [0.3, 0.4) is 0 Å². The molecule has 0 rings (SSSR count). The van der Waals surface area contributed by atoms with E-state index in [1.165, 1.54) is 167 Å². The predicted molar refractivity (Wildman–Crippen MR) is 241 cm³/mol. The Kier molecular flexibility index (Phi) is 43.6. The van der Waals surface area contributed by atoms with Gasteiger partial charge in [-0.1, -0.05) is 226 Å². The van der Waals surface area contributed by atoms with Gasteiger partial charge in [0.2, 0.25) is 5.91 Å². The number of hydrogen-bond donors (Lipinski definition) is 3. The van der Waals surface area contributed by atoms with Gasteiger partial charge in [0.1, 0.15) is 6.10 Å². The second-order valence-corrected chi connectivity index (χ2v) is 17.2. The number of allylic oxidation sites excluding steroid dienone is 2. The van der Waals surface area contributed by atoms with E-state index in [1.54, 1.807) is 0 Å². The average Bonchev–Trinajstić information content (AvgIpc) is 3.19. The molecule has 3 unspecified atom stereocenters. The number of nitrogens with one attached hydrogen (secondary N) is 1. The van der Waals surface area contributed by atoms with Crippen molar-refractivity contribution in [2.75, 3.05) is 6.61 Å². The molecule has 0 heterocycles. The molecule has 6 heteroatoms. The largest absolute Gasteiger partial charge is 0.462 e. The molecule has 0 radical (unpaired) electrons. The molecule has 3 atom stereocenters. The Hall–Kier alpha value is -1.40. The highest BCUT2D eigenvalue weighted by atomic mass is 16.5. The van der Waals surface area contributed by atoms with Crippen LogP contribution >= 0.6 is 0 Å². The van der Waals surface area contributed by atoms with Crippen LogP contribution in [0.15, 0.2) is 12.2 Å². The first-order valence-electron chi connectivity index (χ1n) is 24.9. The predicted octanol–water partition coefficient (Wildman–Crippen LogP) is 14.6. The lowest BCUT2D eigenvalue weighted by atomic mass is 10.0. The monoisotopic (exact) mass is 792 g/mol. The topological polar surface area (TPSA) is 95.9 Å². The quantitative estimate of drug-likeness (QED) is 0.0324. The van der Waals surface area contributed by atoms with E-state index in [-0.39, 0.29) is 24.9 Å². The smallest absolute Gasteiger partial charge is 0.306 e. The number of ether oxygens (including phenoxy) is 1. The van der Waals surface area contributed by atoms with Crippen LogP contribution < -0.4 is 5.32 Å². The normalized spacial score (nSPS) is 13.3. The fourth-order valence-electron chi connectivity index (χ4n) is 7.79. The molecular weight excluding hydrogens is 695 g/mol. The molecule has 0 aromatic carbocycles. The lowest BCUT2D eigenvalue weighted by molar-refractivity contribution is -0.151. The van der Waals surface area contributed by atoms with Crippen LogP contribution in [0.1, 0.15) is 271 Å². The van der Waals surface area contributed by atoms with Crippen molar-refractivity contribution >= 4 is 11.9 Å². The summed E-state index contributed by atoms with van der Waals surface area (Å²) < 4.78 is 5.91. The Labute approximate surface area is 349 Å². The van der Waals surface area contributed by atoms with Crippen LogP contribution in [0.25, 0.3) is 0 Å². The molecule has 0 aliphatic rings. The van der Waals surface area contributed by atoms with Crippen LogP contribution in [0, 0.1) is 0 Å². The van der Waals surface area contributed by atoms with Gasteiger partial charge in [0.15, 0.2) is 0 Å². The molecule has 0 aromatic rings. The van der Waals surface area contributed by atoms with E-state index in [2.05, 4.69) is 38.2 Å². The first-order valence-corrected chi connectivity index (χ1v) is 24.9. The zero-order valence-corrected chi connectivity index (χ0v) is 37.8. The maximum atomic E-state index is 13.2. The number of carbonyl (C=O) groups is 2. The summed E-state index contributed by atoms with van der Waals surface area (Å²) in [5.41, 5.74) is 0. The van der Waals surface area contributed by atoms with E-state index in [0.717, 1.165) is 57.8 Å². The molecule has 56 heavy (non-hydrogen) atoms. The van der Waals surface area contributed by atoms with E-state index in [1.807, 2.05) is 0 Å². The molecule has 0 saturated carbocycles. The number of esters is 1. The summed E-state index contributed by atoms with van der Waals surface area (Å²) in [6, 6.07) is -0.695. The van der Waals surface area contributed by atoms with Crippen LogP contribution in [-0.2, 0) is 14.3 Å². The van der Waals surface area contributed by atoms with Crippen molar-refractivity contribution in [2.24, 2.45) is 0 Å². The highest BCUT2D eigenvalue weighted by Gasteiger charge is 2.24. The minimum Gasteiger partial charge on any atom is -0.462 e. The van der Waals surface area contributed by atoms with Gasteiger partial charge in [-0.15, -0.1) is 0 Å². The van der Waals surface area contributed by atoms with Gasteiger partial charge in [-0.3, -0.25) is 9.59 Å². The molecule has 3 N–H and O–H groups in total. The van der Waals surface area contributed by atoms with Crippen molar-refractivity contribution in [3.8, 4) is 0 Å². The average molecular weight is 792 g/mol. The fraction of sp³-hybridized carbons (Fsp3) is 0.920. The Morgan fingerprint density at radius 2 is 0.893 bits per heavy atom. The van der Waals surface area contributed by atoms with Gasteiger partial charge in [0.25, 0.3) is 0 Å². The lowest BCUT2D eigenvalue weighted by Crippen LogP contribution is -2.46. The lowest BCUT2D eigenvalue weighted by Gasteiger charge is -2.24. The van der Waals surface area contributed by atoms with Gasteiger partial charge < -0.3 is 20.3 Å². The molecule has 1 amide bonds. The van der Waals surface area contributed by atoms with Crippen molar-refractivity contribution in [3.05, 3.63) is 12.2 Å². The van der Waals surface area contributed by atoms with Crippen molar-refractivity contribution in [2.45, 2.75) is 289 Å². The highest BCUT2D eigenvalue weighted by Crippen LogP contribution is 2.18. The van der Waals surface area contributed by atoms with E-state index < -0.39 is 18.2 Å². The minimum absolute atomic E-state index is 0.0810. The summed E-state index contributed by atoms with van der Waals surface area (Å²) in [6.07, 6.45) is 48.4. The summed E-state index contributed by atoms with van der Waals surface area (Å²) in [5, 5.41) is 23.7. The summed E-state index contributed by atoms with van der Waals surface area (Å²) in [7, 11) is 0. The zero-order chi connectivity index (χ0) is 41.0. The summed E-state index contributed by atoms with van der Waals surface area (Å²) >= 11 is 0. The van der Waals surface area contributed by atoms with E-state index in [4.69, 9.17) is 4.74 Å². The van der Waals surface area contributed by atoms with Crippen LogP contribution in [0.5, 0.6) is 0 Å². The SMILES string of the molecule is CCC/C=C\CCCCCCCC(=O)OC(CCCCCCCCCCCCCCCCCC)CC(=O)NC(CO)C(O)CCCCCCCCCCCCC. The molecule has 0 spiro atoms.